The molecule has 4 aromatic rings. The van der Waals surface area contributed by atoms with Crippen molar-refractivity contribution in [3.05, 3.63) is 114 Å². The Labute approximate surface area is 206 Å². The second-order valence-corrected chi connectivity index (χ2v) is 14.2. The fourth-order valence-corrected chi connectivity index (χ4v) is 9.68. The van der Waals surface area contributed by atoms with Crippen molar-refractivity contribution >= 4 is 30.3 Å². The highest BCUT2D eigenvalue weighted by Gasteiger charge is 2.50. The number of fused-ring (bicyclic) bond motifs is 2. The van der Waals surface area contributed by atoms with Crippen molar-refractivity contribution in [2.75, 3.05) is 6.61 Å². The first kappa shape index (κ1) is 23.1. The van der Waals surface area contributed by atoms with Crippen LogP contribution in [-0.4, -0.2) is 36.0 Å². The highest BCUT2D eigenvalue weighted by atomic mass is 28.4. The molecule has 0 amide bonds. The summed E-state index contributed by atoms with van der Waals surface area (Å²) < 4.78 is 8.86. The molecule has 1 aliphatic carbocycles. The van der Waals surface area contributed by atoms with Gasteiger partial charge in [0.25, 0.3) is 8.32 Å². The molecular formula is C29H28N2O3Si. The predicted molar refractivity (Wildman–Crippen MR) is 139 cm³/mol. The molecule has 0 spiro atoms. The van der Waals surface area contributed by atoms with Crippen LogP contribution in [0.1, 0.15) is 52.6 Å². The lowest BCUT2D eigenvalue weighted by molar-refractivity contribution is 0.0979. The van der Waals surface area contributed by atoms with Gasteiger partial charge in [-0.2, -0.15) is 0 Å². The van der Waals surface area contributed by atoms with Crippen LogP contribution in [0.5, 0.6) is 0 Å². The van der Waals surface area contributed by atoms with Gasteiger partial charge in [0.05, 0.1) is 23.3 Å². The first-order valence-electron chi connectivity index (χ1n) is 11.8. The SMILES string of the molecule is CC(C)(C)[Si](OCCn1cc2c(c1)C(=O)c1cnccc1C2=O)(c1ccccc1)c1ccccc1. The minimum absolute atomic E-state index is 0.119. The molecular weight excluding hydrogens is 452 g/mol. The van der Waals surface area contributed by atoms with Gasteiger partial charge in [-0.05, 0) is 21.5 Å². The predicted octanol–water partition coefficient (Wildman–Crippen LogP) is 4.24. The molecule has 0 saturated carbocycles. The molecule has 2 aromatic carbocycles. The zero-order valence-corrected chi connectivity index (χ0v) is 21.2. The molecule has 35 heavy (non-hydrogen) atoms. The van der Waals surface area contributed by atoms with Crippen molar-refractivity contribution in [1.82, 2.24) is 9.55 Å². The number of aromatic nitrogens is 2. The van der Waals surface area contributed by atoms with Crippen LogP contribution in [-0.2, 0) is 11.0 Å². The summed E-state index contributed by atoms with van der Waals surface area (Å²) in [5, 5.41) is 2.32. The molecule has 6 heteroatoms. The number of pyridine rings is 1. The number of carbonyl (C=O) groups is 2. The van der Waals surface area contributed by atoms with Crippen LogP contribution in [0.4, 0.5) is 0 Å². The molecule has 2 heterocycles. The summed E-state index contributed by atoms with van der Waals surface area (Å²) in [7, 11) is -2.65. The normalized spacial score (nSPS) is 13.5. The van der Waals surface area contributed by atoms with E-state index in [0.29, 0.717) is 35.4 Å². The molecule has 0 unspecified atom stereocenters. The monoisotopic (exact) mass is 480 g/mol. The van der Waals surface area contributed by atoms with Gasteiger partial charge in [-0.15, -0.1) is 0 Å². The van der Waals surface area contributed by atoms with Crippen molar-refractivity contribution in [1.29, 1.82) is 0 Å². The van der Waals surface area contributed by atoms with E-state index in [1.807, 2.05) is 16.7 Å². The Bertz CT molecular complexity index is 1300. The minimum Gasteiger partial charge on any atom is -0.406 e. The average Bonchev–Trinajstić information content (AvgIpc) is 3.30. The van der Waals surface area contributed by atoms with Gasteiger partial charge in [-0.1, -0.05) is 81.4 Å². The molecule has 0 bridgehead atoms. The number of carbonyl (C=O) groups excluding carboxylic acids is 2. The summed E-state index contributed by atoms with van der Waals surface area (Å²) in [5.41, 5.74) is 1.66. The Morgan fingerprint density at radius 2 is 1.31 bits per heavy atom. The van der Waals surface area contributed by atoms with Gasteiger partial charge in [0.15, 0.2) is 11.6 Å². The van der Waals surface area contributed by atoms with E-state index >= 15 is 0 Å². The Hall–Kier alpha value is -3.61. The summed E-state index contributed by atoms with van der Waals surface area (Å²) >= 11 is 0. The lowest BCUT2D eigenvalue weighted by atomic mass is 9.88. The molecule has 1 aliphatic rings. The molecule has 0 atom stereocenters. The van der Waals surface area contributed by atoms with E-state index in [2.05, 4.69) is 74.3 Å². The maximum atomic E-state index is 13.0. The Morgan fingerprint density at radius 3 is 1.86 bits per heavy atom. The second kappa shape index (κ2) is 8.87. The lowest BCUT2D eigenvalue weighted by Gasteiger charge is -2.43. The van der Waals surface area contributed by atoms with Crippen LogP contribution in [0, 0.1) is 0 Å². The van der Waals surface area contributed by atoms with Gasteiger partial charge in [-0.3, -0.25) is 14.6 Å². The van der Waals surface area contributed by atoms with E-state index in [1.54, 1.807) is 24.7 Å². The van der Waals surface area contributed by atoms with E-state index < -0.39 is 8.32 Å². The van der Waals surface area contributed by atoms with Crippen molar-refractivity contribution in [2.24, 2.45) is 0 Å². The molecule has 5 nitrogen and oxygen atoms in total. The number of rotatable bonds is 6. The first-order chi connectivity index (χ1) is 16.8. The maximum Gasteiger partial charge on any atom is 0.261 e. The largest absolute Gasteiger partial charge is 0.406 e. The molecule has 0 radical (unpaired) electrons. The summed E-state index contributed by atoms with van der Waals surface area (Å²) in [5.74, 6) is -0.294. The van der Waals surface area contributed by atoms with E-state index in [1.165, 1.54) is 16.6 Å². The summed E-state index contributed by atoms with van der Waals surface area (Å²) in [6.07, 6.45) is 6.56. The van der Waals surface area contributed by atoms with E-state index in [0.717, 1.165) is 0 Å². The van der Waals surface area contributed by atoms with Crippen LogP contribution in [0.3, 0.4) is 0 Å². The van der Waals surface area contributed by atoms with Crippen molar-refractivity contribution in [3.8, 4) is 0 Å². The van der Waals surface area contributed by atoms with E-state index in [-0.39, 0.29) is 16.6 Å². The zero-order valence-electron chi connectivity index (χ0n) is 20.2. The fraction of sp³-hybridized carbons (Fsp3) is 0.207. The third-order valence-corrected chi connectivity index (χ3v) is 11.8. The zero-order chi connectivity index (χ0) is 24.6. The molecule has 176 valence electrons. The molecule has 5 rings (SSSR count). The lowest BCUT2D eigenvalue weighted by Crippen LogP contribution is -2.66. The summed E-state index contributed by atoms with van der Waals surface area (Å²) in [6.45, 7) is 7.73. The molecule has 2 aromatic heterocycles. The van der Waals surface area contributed by atoms with Crippen molar-refractivity contribution < 1.29 is 14.0 Å². The number of benzene rings is 2. The van der Waals surface area contributed by atoms with Gasteiger partial charge >= 0.3 is 0 Å². The minimum atomic E-state index is -2.65. The highest BCUT2D eigenvalue weighted by Crippen LogP contribution is 2.36. The molecule has 0 aliphatic heterocycles. The Morgan fingerprint density at radius 1 is 0.771 bits per heavy atom. The van der Waals surface area contributed by atoms with Crippen molar-refractivity contribution in [2.45, 2.75) is 32.4 Å². The Kier molecular flexibility index (Phi) is 5.87. The maximum absolute atomic E-state index is 13.0. The topological polar surface area (TPSA) is 61.2 Å². The smallest absolute Gasteiger partial charge is 0.261 e. The van der Waals surface area contributed by atoms with Gasteiger partial charge in [0.2, 0.25) is 0 Å². The fourth-order valence-electron chi connectivity index (χ4n) is 5.13. The number of hydrogen-bond donors (Lipinski definition) is 0. The van der Waals surface area contributed by atoms with Crippen LogP contribution in [0.25, 0.3) is 0 Å². The van der Waals surface area contributed by atoms with Crippen LogP contribution in [0.2, 0.25) is 5.04 Å². The average molecular weight is 481 g/mol. The van der Waals surface area contributed by atoms with E-state index in [4.69, 9.17) is 4.43 Å². The van der Waals surface area contributed by atoms with Crippen LogP contribution >= 0.6 is 0 Å². The number of ketones is 2. The summed E-state index contributed by atoms with van der Waals surface area (Å²) in [4.78, 5) is 30.0. The molecule has 0 fully saturated rings. The van der Waals surface area contributed by atoms with Gasteiger partial charge in [-0.25, -0.2) is 0 Å². The summed E-state index contributed by atoms with van der Waals surface area (Å²) in [6, 6.07) is 22.6. The van der Waals surface area contributed by atoms with Crippen molar-refractivity contribution in [3.63, 3.8) is 0 Å². The van der Waals surface area contributed by atoms with E-state index in [9.17, 15) is 9.59 Å². The standard InChI is InChI=1S/C29H28N2O3Si/c1-29(2,3)35(21-10-6-4-7-11-21,22-12-8-5-9-13-22)34-17-16-31-19-25-26(20-31)28(33)24-18-30-15-14-23(24)27(25)32/h4-15,18-20H,16-17H2,1-3H3. The third-order valence-electron chi connectivity index (χ3n) is 6.76. The number of nitrogens with zero attached hydrogens (tertiary/aromatic N) is 2. The van der Waals surface area contributed by atoms with Gasteiger partial charge in [0, 0.05) is 36.9 Å². The van der Waals surface area contributed by atoms with Crippen LogP contribution < -0.4 is 10.4 Å². The van der Waals surface area contributed by atoms with Gasteiger partial charge < -0.3 is 8.99 Å². The first-order valence-corrected chi connectivity index (χ1v) is 13.7. The Balaban J connectivity index is 1.46. The highest BCUT2D eigenvalue weighted by molar-refractivity contribution is 6.99. The molecule has 0 saturated heterocycles. The molecule has 0 N–H and O–H groups in total. The van der Waals surface area contributed by atoms with Gasteiger partial charge in [0.1, 0.15) is 0 Å². The van der Waals surface area contributed by atoms with Crippen LogP contribution in [0.15, 0.2) is 91.5 Å². The number of hydrogen-bond acceptors (Lipinski definition) is 4. The quantitative estimate of drug-likeness (QED) is 0.341. The second-order valence-electron chi connectivity index (χ2n) is 9.91. The third kappa shape index (κ3) is 3.89.